The Labute approximate surface area is 104 Å². The lowest BCUT2D eigenvalue weighted by atomic mass is 10.0. The van der Waals surface area contributed by atoms with Crippen LogP contribution in [0.5, 0.6) is 0 Å². The van der Waals surface area contributed by atoms with Crippen LogP contribution in [-0.4, -0.2) is 36.0 Å². The molecule has 0 fully saturated rings. The van der Waals surface area contributed by atoms with Gasteiger partial charge in [-0.3, -0.25) is 4.79 Å². The molecule has 100 valence electrons. The molecule has 2 amide bonds. The Hall–Kier alpha value is -1.10. The summed E-state index contributed by atoms with van der Waals surface area (Å²) in [5.74, 6) is -0.0690. The minimum atomic E-state index is -0.818. The number of urea groups is 1. The Morgan fingerprint density at radius 1 is 1.00 bits per heavy atom. The number of nitrogens with one attached hydrogen (secondary N) is 3. The first kappa shape index (κ1) is 15.9. The zero-order chi connectivity index (χ0) is 13.7. The van der Waals surface area contributed by atoms with Crippen molar-refractivity contribution in [1.29, 1.82) is 0 Å². The third-order valence-corrected chi connectivity index (χ3v) is 2.37. The molecule has 0 bridgehead atoms. The first-order chi connectivity index (χ1) is 7.54. The summed E-state index contributed by atoms with van der Waals surface area (Å²) in [6.45, 7) is 12.2. The first-order valence-electron chi connectivity index (χ1n) is 5.87. The van der Waals surface area contributed by atoms with Crippen LogP contribution in [0.4, 0.5) is 4.79 Å². The van der Waals surface area contributed by atoms with Gasteiger partial charge in [0, 0.05) is 18.6 Å². The fourth-order valence-corrected chi connectivity index (χ4v) is 1.03. The molecule has 0 saturated heterocycles. The van der Waals surface area contributed by atoms with Crippen LogP contribution in [0.25, 0.3) is 0 Å². The van der Waals surface area contributed by atoms with Crippen molar-refractivity contribution in [3.8, 4) is 0 Å². The van der Waals surface area contributed by atoms with Crippen LogP contribution in [0, 0.1) is 0 Å². The van der Waals surface area contributed by atoms with Crippen LogP contribution < -0.4 is 16.0 Å². The fraction of sp³-hybridized carbons (Fsp3) is 0.833. The van der Waals surface area contributed by atoms with E-state index in [9.17, 15) is 9.59 Å². The molecular formula is C12H25N3O2. The summed E-state index contributed by atoms with van der Waals surface area (Å²) in [5.41, 5.74) is -0.779. The van der Waals surface area contributed by atoms with Gasteiger partial charge in [0.2, 0.25) is 0 Å². The fourth-order valence-electron chi connectivity index (χ4n) is 1.03. The van der Waals surface area contributed by atoms with Crippen LogP contribution in [-0.2, 0) is 4.79 Å². The van der Waals surface area contributed by atoms with E-state index in [-0.39, 0.29) is 17.4 Å². The van der Waals surface area contributed by atoms with Gasteiger partial charge in [-0.15, -0.1) is 0 Å². The van der Waals surface area contributed by atoms with Crippen molar-refractivity contribution in [2.24, 2.45) is 0 Å². The Morgan fingerprint density at radius 2 is 1.53 bits per heavy atom. The summed E-state index contributed by atoms with van der Waals surface area (Å²) in [7, 11) is 0. The predicted octanol–water partition coefficient (Wildman–Crippen LogP) is 1.04. The lowest BCUT2D eigenvalue weighted by Crippen LogP contribution is -2.53. The largest absolute Gasteiger partial charge is 0.337 e. The van der Waals surface area contributed by atoms with Crippen LogP contribution in [0.2, 0.25) is 0 Å². The molecule has 0 rings (SSSR count). The number of Topliss-reactive ketones (excluding diaryl/α,β-unsaturated/α-hetero) is 1. The van der Waals surface area contributed by atoms with Crippen molar-refractivity contribution in [2.45, 2.75) is 52.6 Å². The van der Waals surface area contributed by atoms with Crippen LogP contribution in [0.1, 0.15) is 41.5 Å². The maximum absolute atomic E-state index is 11.5. The SMILES string of the molecule is CC(=O)C(C)(C)NC(=O)NCCNC(C)(C)C. The Morgan fingerprint density at radius 3 is 1.94 bits per heavy atom. The van der Waals surface area contributed by atoms with Crippen molar-refractivity contribution in [3.05, 3.63) is 0 Å². The van der Waals surface area contributed by atoms with Crippen molar-refractivity contribution in [1.82, 2.24) is 16.0 Å². The molecule has 0 aliphatic rings. The quantitative estimate of drug-likeness (QED) is 0.632. The Bertz CT molecular complexity index is 280. The highest BCUT2D eigenvalue weighted by Gasteiger charge is 2.25. The number of carbonyl (C=O) groups is 2. The average molecular weight is 243 g/mol. The molecule has 17 heavy (non-hydrogen) atoms. The van der Waals surface area contributed by atoms with E-state index in [1.165, 1.54) is 6.92 Å². The van der Waals surface area contributed by atoms with Gasteiger partial charge < -0.3 is 16.0 Å². The molecule has 5 nitrogen and oxygen atoms in total. The Balaban J connectivity index is 3.86. The highest BCUT2D eigenvalue weighted by atomic mass is 16.2. The number of rotatable bonds is 5. The van der Waals surface area contributed by atoms with E-state index in [4.69, 9.17) is 0 Å². The van der Waals surface area contributed by atoms with E-state index in [2.05, 4.69) is 36.7 Å². The van der Waals surface area contributed by atoms with Gasteiger partial charge in [-0.2, -0.15) is 0 Å². The summed E-state index contributed by atoms with van der Waals surface area (Å²) < 4.78 is 0. The summed E-state index contributed by atoms with van der Waals surface area (Å²) >= 11 is 0. The van der Waals surface area contributed by atoms with Crippen molar-refractivity contribution in [2.75, 3.05) is 13.1 Å². The topological polar surface area (TPSA) is 70.2 Å². The number of hydrogen-bond acceptors (Lipinski definition) is 3. The second-order valence-corrected chi connectivity index (χ2v) is 5.74. The lowest BCUT2D eigenvalue weighted by molar-refractivity contribution is -0.121. The molecule has 0 saturated carbocycles. The monoisotopic (exact) mass is 243 g/mol. The Kier molecular flexibility index (Phi) is 5.61. The maximum atomic E-state index is 11.5. The predicted molar refractivity (Wildman–Crippen MR) is 69.1 cm³/mol. The number of hydrogen-bond donors (Lipinski definition) is 3. The number of ketones is 1. The molecule has 3 N–H and O–H groups in total. The summed E-state index contributed by atoms with van der Waals surface area (Å²) in [6.07, 6.45) is 0. The van der Waals surface area contributed by atoms with Gasteiger partial charge >= 0.3 is 6.03 Å². The van der Waals surface area contributed by atoms with E-state index >= 15 is 0 Å². The second-order valence-electron chi connectivity index (χ2n) is 5.74. The molecule has 0 atom stereocenters. The van der Waals surface area contributed by atoms with Crippen molar-refractivity contribution in [3.63, 3.8) is 0 Å². The maximum Gasteiger partial charge on any atom is 0.315 e. The molecule has 0 unspecified atom stereocenters. The van der Waals surface area contributed by atoms with Gasteiger partial charge in [-0.05, 0) is 41.5 Å². The first-order valence-corrected chi connectivity index (χ1v) is 5.87. The third-order valence-electron chi connectivity index (χ3n) is 2.37. The van der Waals surface area contributed by atoms with E-state index in [0.29, 0.717) is 13.1 Å². The molecule has 0 aromatic carbocycles. The number of carbonyl (C=O) groups excluding carboxylic acids is 2. The van der Waals surface area contributed by atoms with Crippen LogP contribution in [0.15, 0.2) is 0 Å². The highest BCUT2D eigenvalue weighted by molar-refractivity contribution is 5.90. The van der Waals surface area contributed by atoms with E-state index in [1.54, 1.807) is 13.8 Å². The third kappa shape index (κ3) is 7.74. The van der Waals surface area contributed by atoms with Gasteiger partial charge in [0.1, 0.15) is 0 Å². The molecule has 0 aromatic heterocycles. The molecule has 0 aliphatic carbocycles. The van der Waals surface area contributed by atoms with Gasteiger partial charge in [-0.25, -0.2) is 4.79 Å². The van der Waals surface area contributed by atoms with Crippen molar-refractivity contribution >= 4 is 11.8 Å². The van der Waals surface area contributed by atoms with E-state index in [1.807, 2.05) is 0 Å². The van der Waals surface area contributed by atoms with E-state index < -0.39 is 5.54 Å². The van der Waals surface area contributed by atoms with Crippen molar-refractivity contribution < 1.29 is 9.59 Å². The highest BCUT2D eigenvalue weighted by Crippen LogP contribution is 2.02. The molecule has 0 aliphatic heterocycles. The molecular weight excluding hydrogens is 218 g/mol. The van der Waals surface area contributed by atoms with Gasteiger partial charge in [0.05, 0.1) is 5.54 Å². The van der Waals surface area contributed by atoms with Gasteiger partial charge in [-0.1, -0.05) is 0 Å². The zero-order valence-electron chi connectivity index (χ0n) is 11.7. The summed E-state index contributed by atoms with van der Waals surface area (Å²) in [5, 5.41) is 8.58. The van der Waals surface area contributed by atoms with E-state index in [0.717, 1.165) is 0 Å². The molecule has 5 heteroatoms. The second kappa shape index (κ2) is 6.00. The minimum absolute atomic E-state index is 0.0385. The van der Waals surface area contributed by atoms with Gasteiger partial charge in [0.25, 0.3) is 0 Å². The molecule has 0 aromatic rings. The number of amides is 2. The normalized spacial score (nSPS) is 12.1. The molecule has 0 spiro atoms. The average Bonchev–Trinajstić information content (AvgIpc) is 2.10. The minimum Gasteiger partial charge on any atom is -0.337 e. The molecule has 0 radical (unpaired) electrons. The molecule has 0 heterocycles. The lowest BCUT2D eigenvalue weighted by Gasteiger charge is -2.24. The van der Waals surface area contributed by atoms with Crippen LogP contribution >= 0.6 is 0 Å². The smallest absolute Gasteiger partial charge is 0.315 e. The summed E-state index contributed by atoms with van der Waals surface area (Å²) in [4.78, 5) is 22.7. The zero-order valence-corrected chi connectivity index (χ0v) is 11.7. The van der Waals surface area contributed by atoms with Gasteiger partial charge in [0.15, 0.2) is 5.78 Å². The standard InChI is InChI=1S/C12H25N3O2/c1-9(16)12(5,6)15-10(17)13-7-8-14-11(2,3)4/h14H,7-8H2,1-6H3,(H2,13,15,17). The summed E-state index contributed by atoms with van der Waals surface area (Å²) in [6, 6.07) is -0.319. The van der Waals surface area contributed by atoms with Crippen LogP contribution in [0.3, 0.4) is 0 Å².